The number of hydrogen-bond acceptors (Lipinski definition) is 7. The highest BCUT2D eigenvalue weighted by molar-refractivity contribution is 7.89. The zero-order chi connectivity index (χ0) is 21.7. The second-order valence-electron chi connectivity index (χ2n) is 7.55. The lowest BCUT2D eigenvalue weighted by molar-refractivity contribution is 0.0531. The van der Waals surface area contributed by atoms with Gasteiger partial charge in [-0.15, -0.1) is 0 Å². The fourth-order valence-electron chi connectivity index (χ4n) is 2.47. The highest BCUT2D eigenvalue weighted by Crippen LogP contribution is 2.21. The number of pyridine rings is 1. The van der Waals surface area contributed by atoms with Gasteiger partial charge in [0, 0.05) is 31.3 Å². The van der Waals surface area contributed by atoms with Crippen molar-refractivity contribution in [3.05, 3.63) is 30.2 Å². The van der Waals surface area contributed by atoms with Crippen LogP contribution in [0.2, 0.25) is 0 Å². The van der Waals surface area contributed by atoms with Crippen molar-refractivity contribution >= 4 is 16.1 Å². The molecule has 1 aliphatic rings. The predicted molar refractivity (Wildman–Crippen MR) is 103 cm³/mol. The summed E-state index contributed by atoms with van der Waals surface area (Å²) in [6.07, 6.45) is 0.503. The Kier molecular flexibility index (Phi) is 7.55. The predicted octanol–water partition coefficient (Wildman–Crippen LogP) is 1.59. The number of aliphatic hydroxyl groups excluding tert-OH is 1. The van der Waals surface area contributed by atoms with Crippen LogP contribution in [-0.2, 0) is 14.8 Å². The van der Waals surface area contributed by atoms with Crippen LogP contribution in [0.25, 0.3) is 0 Å². The number of halogens is 1. The number of nitrogens with zero attached hydrogens (tertiary/aromatic N) is 2. The van der Waals surface area contributed by atoms with Crippen LogP contribution < -0.4 is 10.1 Å². The Morgan fingerprint density at radius 2 is 2.17 bits per heavy atom. The van der Waals surface area contributed by atoms with E-state index in [2.05, 4.69) is 10.3 Å². The van der Waals surface area contributed by atoms with Gasteiger partial charge in [0.1, 0.15) is 17.1 Å². The monoisotopic (exact) mass is 431 g/mol. The number of aliphatic hydroxyl groups is 1. The highest BCUT2D eigenvalue weighted by atomic mass is 32.2. The molecule has 1 aromatic heterocycles. The molecule has 1 saturated heterocycles. The van der Waals surface area contributed by atoms with E-state index >= 15 is 0 Å². The summed E-state index contributed by atoms with van der Waals surface area (Å²) < 4.78 is 49.6. The molecule has 1 aliphatic heterocycles. The molecular formula is C18H26FN3O6S. The summed E-state index contributed by atoms with van der Waals surface area (Å²) in [5.74, 6) is 0.0991. The van der Waals surface area contributed by atoms with Gasteiger partial charge in [-0.3, -0.25) is 0 Å². The second-order valence-corrected chi connectivity index (χ2v) is 9.49. The smallest absolute Gasteiger partial charge is 0.407 e. The minimum absolute atomic E-state index is 0.0215. The molecule has 2 N–H and O–H groups in total. The highest BCUT2D eigenvalue weighted by Gasteiger charge is 2.31. The van der Waals surface area contributed by atoms with Gasteiger partial charge >= 0.3 is 6.09 Å². The van der Waals surface area contributed by atoms with Crippen LogP contribution in [-0.4, -0.2) is 66.9 Å². The third-order valence-electron chi connectivity index (χ3n) is 3.89. The van der Waals surface area contributed by atoms with Crippen molar-refractivity contribution in [3.8, 4) is 5.88 Å². The summed E-state index contributed by atoms with van der Waals surface area (Å²) in [6.45, 7) is 5.13. The lowest BCUT2D eigenvalue weighted by Gasteiger charge is -2.20. The number of amides is 1. The van der Waals surface area contributed by atoms with Gasteiger partial charge in [-0.25, -0.2) is 22.6 Å². The Morgan fingerprint density at radius 1 is 1.45 bits per heavy atom. The lowest BCUT2D eigenvalue weighted by atomic mass is 10.2. The molecule has 0 radical (unpaired) electrons. The van der Waals surface area contributed by atoms with Crippen molar-refractivity contribution in [2.24, 2.45) is 0 Å². The minimum Gasteiger partial charge on any atom is -0.473 e. The molecule has 1 amide bonds. The number of aromatic nitrogens is 1. The Balaban J connectivity index is 1.88. The molecule has 0 aromatic carbocycles. The van der Waals surface area contributed by atoms with E-state index in [-0.39, 0.29) is 42.6 Å². The Morgan fingerprint density at radius 3 is 2.69 bits per heavy atom. The summed E-state index contributed by atoms with van der Waals surface area (Å²) in [5, 5.41) is 11.9. The van der Waals surface area contributed by atoms with E-state index in [1.54, 1.807) is 20.8 Å². The number of ether oxygens (including phenoxy) is 2. The van der Waals surface area contributed by atoms with Crippen LogP contribution >= 0.6 is 0 Å². The zero-order valence-electron chi connectivity index (χ0n) is 16.6. The summed E-state index contributed by atoms with van der Waals surface area (Å²) in [7, 11) is -3.74. The normalized spacial score (nSPS) is 18.5. The van der Waals surface area contributed by atoms with E-state index in [1.165, 1.54) is 16.4 Å². The van der Waals surface area contributed by atoms with Gasteiger partial charge in [0.2, 0.25) is 15.9 Å². The Hall–Kier alpha value is -2.24. The largest absolute Gasteiger partial charge is 0.473 e. The van der Waals surface area contributed by atoms with Crippen molar-refractivity contribution < 1.29 is 32.2 Å². The number of alkyl carbamates (subject to hydrolysis) is 1. The molecule has 0 saturated carbocycles. The van der Waals surface area contributed by atoms with Crippen molar-refractivity contribution in [3.63, 3.8) is 0 Å². The molecule has 162 valence electrons. The number of nitrogens with one attached hydrogen (secondary N) is 1. The van der Waals surface area contributed by atoms with E-state index < -0.39 is 27.8 Å². The van der Waals surface area contributed by atoms with Gasteiger partial charge in [-0.1, -0.05) is 0 Å². The molecule has 1 aromatic rings. The number of hydrogen-bond donors (Lipinski definition) is 2. The Bertz CT molecular complexity index is 836. The second kappa shape index (κ2) is 9.51. The van der Waals surface area contributed by atoms with Crippen LogP contribution in [0.5, 0.6) is 5.88 Å². The molecular weight excluding hydrogens is 405 g/mol. The molecule has 0 unspecified atom stereocenters. The third-order valence-corrected chi connectivity index (χ3v) is 5.74. The van der Waals surface area contributed by atoms with Crippen molar-refractivity contribution in [2.75, 3.05) is 26.2 Å². The van der Waals surface area contributed by atoms with Gasteiger partial charge in [-0.05, 0) is 33.3 Å². The quantitative estimate of drug-likeness (QED) is 0.673. The summed E-state index contributed by atoms with van der Waals surface area (Å²) in [4.78, 5) is 15.5. The van der Waals surface area contributed by atoms with E-state index in [9.17, 15) is 22.7 Å². The first-order chi connectivity index (χ1) is 13.5. The van der Waals surface area contributed by atoms with E-state index in [0.29, 0.717) is 12.8 Å². The zero-order valence-corrected chi connectivity index (χ0v) is 17.4. The van der Waals surface area contributed by atoms with Crippen molar-refractivity contribution in [1.29, 1.82) is 0 Å². The number of carbonyl (C=O) groups is 1. The maximum absolute atomic E-state index is 13.0. The topological polar surface area (TPSA) is 118 Å². The summed E-state index contributed by atoms with van der Waals surface area (Å²) in [6, 6.07) is 2.69. The number of sulfonamides is 1. The molecule has 29 heavy (non-hydrogen) atoms. The average molecular weight is 431 g/mol. The maximum atomic E-state index is 13.0. The van der Waals surface area contributed by atoms with Gasteiger partial charge in [0.15, 0.2) is 0 Å². The fraction of sp³-hybridized carbons (Fsp3) is 0.556. The molecule has 0 bridgehead atoms. The van der Waals surface area contributed by atoms with Gasteiger partial charge in [0.25, 0.3) is 0 Å². The van der Waals surface area contributed by atoms with Crippen LogP contribution in [0.15, 0.2) is 35.1 Å². The van der Waals surface area contributed by atoms with Gasteiger partial charge in [0.05, 0.1) is 18.6 Å². The minimum atomic E-state index is -3.74. The van der Waals surface area contributed by atoms with Gasteiger partial charge in [-0.2, -0.15) is 4.31 Å². The van der Waals surface area contributed by atoms with E-state index in [0.717, 1.165) is 6.20 Å². The maximum Gasteiger partial charge on any atom is 0.407 e. The molecule has 2 rings (SSSR count). The van der Waals surface area contributed by atoms with E-state index in [4.69, 9.17) is 9.47 Å². The van der Waals surface area contributed by atoms with Crippen LogP contribution in [0.1, 0.15) is 27.2 Å². The first kappa shape index (κ1) is 23.0. The summed E-state index contributed by atoms with van der Waals surface area (Å²) in [5.41, 5.74) is -0.528. The molecule has 9 nitrogen and oxygen atoms in total. The Labute approximate surface area is 169 Å². The standard InChI is InChI=1S/C18H26FN3O6S/c1-18(2,3)28-17(24)21-9-13(8-19)12-27-16-5-4-15(10-20-16)29(25,26)22-7-6-14(23)11-22/h4-5,8,10,14,23H,6-7,9,11-12H2,1-3H3,(H,21,24)/b13-8-/t14-/m0/s1. The molecule has 2 heterocycles. The summed E-state index contributed by atoms with van der Waals surface area (Å²) >= 11 is 0. The molecule has 0 spiro atoms. The van der Waals surface area contributed by atoms with Crippen LogP contribution in [0, 0.1) is 0 Å². The number of β-amino-alcohol motifs (C(OH)–C–C–N with tert-alkyl or cyclic N) is 1. The molecule has 1 atom stereocenters. The molecule has 0 aliphatic carbocycles. The SMILES string of the molecule is CC(C)(C)OC(=O)NC/C(=C/F)COc1ccc(S(=O)(=O)N2CC[C@H](O)C2)cn1. The van der Waals surface area contributed by atoms with Crippen molar-refractivity contribution in [2.45, 2.75) is 43.8 Å². The van der Waals surface area contributed by atoms with Crippen molar-refractivity contribution in [1.82, 2.24) is 14.6 Å². The number of carbonyl (C=O) groups excluding carboxylic acids is 1. The van der Waals surface area contributed by atoms with Gasteiger partial charge < -0.3 is 19.9 Å². The first-order valence-corrected chi connectivity index (χ1v) is 10.5. The van der Waals surface area contributed by atoms with Crippen LogP contribution in [0.3, 0.4) is 0 Å². The fourth-order valence-corrected chi connectivity index (χ4v) is 3.91. The third kappa shape index (κ3) is 6.94. The average Bonchev–Trinajstić information content (AvgIpc) is 3.08. The van der Waals surface area contributed by atoms with E-state index in [1.807, 2.05) is 0 Å². The lowest BCUT2D eigenvalue weighted by Crippen LogP contribution is -2.34. The molecule has 1 fully saturated rings. The first-order valence-electron chi connectivity index (χ1n) is 9.03. The van der Waals surface area contributed by atoms with Crippen LogP contribution in [0.4, 0.5) is 9.18 Å². The molecule has 11 heteroatoms. The number of rotatable bonds is 7.